The third-order valence-electron chi connectivity index (χ3n) is 3.82. The molecule has 0 amide bonds. The Hall–Kier alpha value is -0.760. The minimum atomic E-state index is 0.796. The van der Waals surface area contributed by atoms with E-state index < -0.39 is 0 Å². The molecule has 0 bridgehead atoms. The van der Waals surface area contributed by atoms with Gasteiger partial charge in [-0.2, -0.15) is 0 Å². The first-order chi connectivity index (χ1) is 7.40. The zero-order valence-electron chi connectivity index (χ0n) is 9.31. The SMILES string of the molecule is NCCc1c(C2CC2)[nH]c2c1CCCC2. The van der Waals surface area contributed by atoms with Crippen LogP contribution in [0.4, 0.5) is 0 Å². The van der Waals surface area contributed by atoms with Crippen molar-refractivity contribution in [2.24, 2.45) is 5.73 Å². The average molecular weight is 204 g/mol. The molecule has 0 atom stereocenters. The van der Waals surface area contributed by atoms with E-state index in [1.807, 2.05) is 0 Å². The van der Waals surface area contributed by atoms with Gasteiger partial charge >= 0.3 is 0 Å². The van der Waals surface area contributed by atoms with Crippen molar-refractivity contribution in [3.05, 3.63) is 22.5 Å². The fourth-order valence-electron chi connectivity index (χ4n) is 2.93. The van der Waals surface area contributed by atoms with Gasteiger partial charge in [-0.3, -0.25) is 0 Å². The lowest BCUT2D eigenvalue weighted by Gasteiger charge is -2.12. The monoisotopic (exact) mass is 204 g/mol. The Morgan fingerprint density at radius 2 is 2.00 bits per heavy atom. The molecule has 3 N–H and O–H groups in total. The quantitative estimate of drug-likeness (QED) is 0.779. The van der Waals surface area contributed by atoms with Crippen molar-refractivity contribution >= 4 is 0 Å². The minimum absolute atomic E-state index is 0.796. The summed E-state index contributed by atoms with van der Waals surface area (Å²) in [5.74, 6) is 0.845. The summed E-state index contributed by atoms with van der Waals surface area (Å²) >= 11 is 0. The molecule has 82 valence electrons. The maximum absolute atomic E-state index is 5.73. The second-order valence-corrected chi connectivity index (χ2v) is 4.99. The maximum atomic E-state index is 5.73. The number of hydrogen-bond acceptors (Lipinski definition) is 1. The summed E-state index contributed by atoms with van der Waals surface area (Å²) in [6.45, 7) is 0.796. The van der Waals surface area contributed by atoms with Gasteiger partial charge in [-0.05, 0) is 68.5 Å². The van der Waals surface area contributed by atoms with Crippen LogP contribution in [0.2, 0.25) is 0 Å². The first-order valence-corrected chi connectivity index (χ1v) is 6.32. The Balaban J connectivity index is 2.01. The number of aromatic amines is 1. The molecular formula is C13H20N2. The van der Waals surface area contributed by atoms with Gasteiger partial charge in [0.15, 0.2) is 0 Å². The van der Waals surface area contributed by atoms with Crippen LogP contribution in [-0.2, 0) is 19.3 Å². The number of nitrogens with one attached hydrogen (secondary N) is 1. The first kappa shape index (κ1) is 9.46. The third-order valence-corrected chi connectivity index (χ3v) is 3.82. The van der Waals surface area contributed by atoms with Crippen LogP contribution in [0, 0.1) is 0 Å². The second kappa shape index (κ2) is 3.67. The topological polar surface area (TPSA) is 41.8 Å². The predicted molar refractivity (Wildman–Crippen MR) is 62.2 cm³/mol. The summed E-state index contributed by atoms with van der Waals surface area (Å²) < 4.78 is 0. The van der Waals surface area contributed by atoms with Crippen molar-refractivity contribution in [2.75, 3.05) is 6.54 Å². The summed E-state index contributed by atoms with van der Waals surface area (Å²) in [6, 6.07) is 0. The molecule has 3 rings (SSSR count). The van der Waals surface area contributed by atoms with Gasteiger partial charge in [-0.1, -0.05) is 0 Å². The molecule has 1 saturated carbocycles. The highest BCUT2D eigenvalue weighted by Crippen LogP contribution is 2.43. The Labute approximate surface area is 91.3 Å². The van der Waals surface area contributed by atoms with E-state index in [0.29, 0.717) is 0 Å². The summed E-state index contributed by atoms with van der Waals surface area (Å²) in [6.07, 6.45) is 9.13. The van der Waals surface area contributed by atoms with E-state index in [0.717, 1.165) is 18.9 Å². The summed E-state index contributed by atoms with van der Waals surface area (Å²) in [5.41, 5.74) is 12.0. The third kappa shape index (κ3) is 1.61. The molecule has 1 aromatic heterocycles. The molecule has 0 aromatic carbocycles. The second-order valence-electron chi connectivity index (χ2n) is 4.99. The van der Waals surface area contributed by atoms with Crippen molar-refractivity contribution < 1.29 is 0 Å². The van der Waals surface area contributed by atoms with E-state index in [2.05, 4.69) is 4.98 Å². The van der Waals surface area contributed by atoms with Crippen LogP contribution in [0.25, 0.3) is 0 Å². The molecule has 0 saturated heterocycles. The Morgan fingerprint density at radius 3 is 2.73 bits per heavy atom. The summed E-state index contributed by atoms with van der Waals surface area (Å²) in [4.78, 5) is 3.69. The summed E-state index contributed by atoms with van der Waals surface area (Å²) in [7, 11) is 0. The normalized spacial score (nSPS) is 20.3. The number of aryl methyl sites for hydroxylation is 1. The molecule has 1 fully saturated rings. The standard InChI is InChI=1S/C13H20N2/c14-8-7-11-10-3-1-2-4-12(10)15-13(11)9-5-6-9/h9,15H,1-8,14H2. The van der Waals surface area contributed by atoms with E-state index in [4.69, 9.17) is 5.73 Å². The van der Waals surface area contributed by atoms with E-state index in [1.165, 1.54) is 44.2 Å². The van der Waals surface area contributed by atoms with Crippen LogP contribution >= 0.6 is 0 Å². The highest BCUT2D eigenvalue weighted by atomic mass is 14.8. The Morgan fingerprint density at radius 1 is 1.20 bits per heavy atom. The highest BCUT2D eigenvalue weighted by Gasteiger charge is 2.30. The average Bonchev–Trinajstić information content (AvgIpc) is 3.04. The first-order valence-electron chi connectivity index (χ1n) is 6.32. The molecule has 2 heteroatoms. The van der Waals surface area contributed by atoms with Crippen molar-refractivity contribution in [3.8, 4) is 0 Å². The molecule has 0 radical (unpaired) electrons. The van der Waals surface area contributed by atoms with Crippen LogP contribution in [0.15, 0.2) is 0 Å². The Bertz CT molecular complexity index is 361. The largest absolute Gasteiger partial charge is 0.362 e. The fourth-order valence-corrected chi connectivity index (χ4v) is 2.93. The van der Waals surface area contributed by atoms with Crippen LogP contribution in [0.3, 0.4) is 0 Å². The van der Waals surface area contributed by atoms with Gasteiger partial charge in [-0.25, -0.2) is 0 Å². The Kier molecular flexibility index (Phi) is 2.32. The fraction of sp³-hybridized carbons (Fsp3) is 0.692. The number of fused-ring (bicyclic) bond motifs is 1. The van der Waals surface area contributed by atoms with Gasteiger partial charge in [0.2, 0.25) is 0 Å². The van der Waals surface area contributed by atoms with Gasteiger partial charge in [0, 0.05) is 11.4 Å². The number of H-pyrrole nitrogens is 1. The number of hydrogen-bond donors (Lipinski definition) is 2. The minimum Gasteiger partial charge on any atom is -0.362 e. The number of aromatic nitrogens is 1. The lowest BCUT2D eigenvalue weighted by atomic mass is 9.93. The zero-order valence-corrected chi connectivity index (χ0v) is 9.31. The molecule has 0 spiro atoms. The van der Waals surface area contributed by atoms with Gasteiger partial charge in [-0.15, -0.1) is 0 Å². The highest BCUT2D eigenvalue weighted by molar-refractivity contribution is 5.42. The smallest absolute Gasteiger partial charge is 0.0216 e. The van der Waals surface area contributed by atoms with Gasteiger partial charge in [0.25, 0.3) is 0 Å². The zero-order chi connectivity index (χ0) is 10.3. The van der Waals surface area contributed by atoms with Crippen molar-refractivity contribution in [1.82, 2.24) is 4.98 Å². The predicted octanol–water partition coefficient (Wildman–Crippen LogP) is 2.27. The van der Waals surface area contributed by atoms with Crippen LogP contribution in [-0.4, -0.2) is 11.5 Å². The summed E-state index contributed by atoms with van der Waals surface area (Å²) in [5, 5.41) is 0. The number of nitrogens with two attached hydrogens (primary N) is 1. The van der Waals surface area contributed by atoms with Crippen LogP contribution in [0.1, 0.15) is 54.1 Å². The van der Waals surface area contributed by atoms with Gasteiger partial charge in [0.05, 0.1) is 0 Å². The van der Waals surface area contributed by atoms with Crippen LogP contribution < -0.4 is 5.73 Å². The van der Waals surface area contributed by atoms with E-state index in [1.54, 1.807) is 16.8 Å². The molecule has 0 aliphatic heterocycles. The lowest BCUT2D eigenvalue weighted by Crippen LogP contribution is -2.07. The van der Waals surface area contributed by atoms with Crippen LogP contribution in [0.5, 0.6) is 0 Å². The molecule has 1 heterocycles. The van der Waals surface area contributed by atoms with Gasteiger partial charge < -0.3 is 10.7 Å². The molecule has 1 aromatic rings. The molecule has 2 aliphatic rings. The van der Waals surface area contributed by atoms with E-state index in [9.17, 15) is 0 Å². The lowest BCUT2D eigenvalue weighted by molar-refractivity contribution is 0.672. The molecule has 0 unspecified atom stereocenters. The van der Waals surface area contributed by atoms with E-state index in [-0.39, 0.29) is 0 Å². The molecular weight excluding hydrogens is 184 g/mol. The molecule has 15 heavy (non-hydrogen) atoms. The van der Waals surface area contributed by atoms with Crippen molar-refractivity contribution in [3.63, 3.8) is 0 Å². The molecule has 2 nitrogen and oxygen atoms in total. The number of rotatable bonds is 3. The van der Waals surface area contributed by atoms with Crippen molar-refractivity contribution in [2.45, 2.75) is 50.9 Å². The van der Waals surface area contributed by atoms with Crippen molar-refractivity contribution in [1.29, 1.82) is 0 Å². The maximum Gasteiger partial charge on any atom is 0.0216 e. The van der Waals surface area contributed by atoms with Gasteiger partial charge in [0.1, 0.15) is 0 Å². The molecule has 2 aliphatic carbocycles. The van der Waals surface area contributed by atoms with E-state index >= 15 is 0 Å².